The molecule has 13 nitrogen and oxygen atoms in total. The summed E-state index contributed by atoms with van der Waals surface area (Å²) in [5, 5.41) is 14.9. The molecule has 0 saturated heterocycles. The predicted molar refractivity (Wildman–Crippen MR) is 162 cm³/mol. The fourth-order valence-electron chi connectivity index (χ4n) is 4.83. The Balaban J connectivity index is 1.82. The van der Waals surface area contributed by atoms with Gasteiger partial charge in [0.1, 0.15) is 11.3 Å². The number of alkyl halides is 2. The summed E-state index contributed by atoms with van der Waals surface area (Å²) >= 11 is 0. The molecule has 1 N–H and O–H groups in total. The van der Waals surface area contributed by atoms with Crippen LogP contribution in [0.4, 0.5) is 43.3 Å². The third-order valence-electron chi connectivity index (χ3n) is 6.89. The van der Waals surface area contributed by atoms with E-state index in [4.69, 9.17) is 9.47 Å². The monoisotopic (exact) mass is 614 g/mol. The summed E-state index contributed by atoms with van der Waals surface area (Å²) in [7, 11) is 5.32. The highest BCUT2D eigenvalue weighted by molar-refractivity contribution is 5.96. The maximum absolute atomic E-state index is 13.5. The molecule has 0 saturated carbocycles. The van der Waals surface area contributed by atoms with E-state index < -0.39 is 29.0 Å². The lowest BCUT2D eigenvalue weighted by molar-refractivity contribution is -0.384. The second kappa shape index (κ2) is 12.9. The number of anilines is 5. The van der Waals surface area contributed by atoms with Gasteiger partial charge < -0.3 is 29.5 Å². The molecular formula is C29H36F2N8O5. The molecule has 3 heterocycles. The van der Waals surface area contributed by atoms with Gasteiger partial charge in [0.15, 0.2) is 11.6 Å². The number of halogens is 2. The van der Waals surface area contributed by atoms with Gasteiger partial charge in [-0.2, -0.15) is 13.8 Å². The minimum absolute atomic E-state index is 0.0738. The molecule has 0 amide bonds. The fraction of sp³-hybridized carbons (Fsp3) is 0.448. The van der Waals surface area contributed by atoms with E-state index in [-0.39, 0.29) is 40.1 Å². The summed E-state index contributed by atoms with van der Waals surface area (Å²) in [6.07, 6.45) is 2.53. The van der Waals surface area contributed by atoms with E-state index in [1.807, 2.05) is 43.8 Å². The van der Waals surface area contributed by atoms with Gasteiger partial charge in [-0.3, -0.25) is 15.1 Å². The summed E-state index contributed by atoms with van der Waals surface area (Å²) in [5.74, 6) is -0.918. The Hall–Kier alpha value is -4.66. The number of benzene rings is 1. The summed E-state index contributed by atoms with van der Waals surface area (Å²) < 4.78 is 37.2. The van der Waals surface area contributed by atoms with Crippen molar-refractivity contribution in [3.05, 3.63) is 58.0 Å². The number of fused-ring (bicyclic) bond motifs is 1. The first-order valence-electron chi connectivity index (χ1n) is 13.9. The average molecular weight is 615 g/mol. The number of aromatic nitrogens is 3. The number of nitro groups is 1. The number of ether oxygens (including phenoxy) is 2. The molecule has 0 atom stereocenters. The normalized spacial score (nSPS) is 13.8. The van der Waals surface area contributed by atoms with E-state index in [2.05, 4.69) is 20.3 Å². The van der Waals surface area contributed by atoms with Crippen molar-refractivity contribution in [2.45, 2.75) is 45.8 Å². The Labute approximate surface area is 254 Å². The van der Waals surface area contributed by atoms with Gasteiger partial charge >= 0.3 is 12.6 Å². The van der Waals surface area contributed by atoms with Gasteiger partial charge in [0.2, 0.25) is 5.95 Å². The van der Waals surface area contributed by atoms with Crippen molar-refractivity contribution in [2.75, 3.05) is 55.9 Å². The van der Waals surface area contributed by atoms with Crippen LogP contribution in [0.2, 0.25) is 0 Å². The van der Waals surface area contributed by atoms with Crippen molar-refractivity contribution in [1.29, 1.82) is 0 Å². The minimum atomic E-state index is -3.21. The van der Waals surface area contributed by atoms with Crippen LogP contribution in [0.15, 0.2) is 36.7 Å². The van der Waals surface area contributed by atoms with E-state index in [0.717, 1.165) is 17.4 Å². The molecule has 0 aliphatic carbocycles. The SMILES string of the molecule is CC(C)OC(=O)c1cnc(Nc2cc([N+](=O)[O-])c(N(C)CCN(C)C)cc2OC(F)F)nc1N1CC(C)(C)c2ncccc21. The zero-order valence-electron chi connectivity index (χ0n) is 25.7. The first-order valence-corrected chi connectivity index (χ1v) is 13.9. The number of nitrogens with one attached hydrogen (secondary N) is 1. The Bertz CT molecular complexity index is 1540. The van der Waals surface area contributed by atoms with Crippen molar-refractivity contribution in [3.8, 4) is 5.75 Å². The third kappa shape index (κ3) is 7.10. The van der Waals surface area contributed by atoms with Crippen LogP contribution in [0.3, 0.4) is 0 Å². The van der Waals surface area contributed by atoms with Crippen LogP contribution in [0.5, 0.6) is 5.75 Å². The maximum Gasteiger partial charge on any atom is 0.387 e. The van der Waals surface area contributed by atoms with Crippen LogP contribution in [-0.4, -0.2) is 84.2 Å². The maximum atomic E-state index is 13.5. The largest absolute Gasteiger partial charge is 0.459 e. The van der Waals surface area contributed by atoms with Gasteiger partial charge in [-0.25, -0.2) is 9.78 Å². The number of carbonyl (C=O) groups excluding carboxylic acids is 1. The second-order valence-electron chi connectivity index (χ2n) is 11.5. The summed E-state index contributed by atoms with van der Waals surface area (Å²) in [6, 6.07) is 5.90. The molecule has 2 aromatic heterocycles. The second-order valence-corrected chi connectivity index (χ2v) is 11.5. The molecule has 236 valence electrons. The van der Waals surface area contributed by atoms with E-state index in [0.29, 0.717) is 19.6 Å². The number of rotatable bonds is 12. The summed E-state index contributed by atoms with van der Waals surface area (Å²) in [4.78, 5) is 43.2. The van der Waals surface area contributed by atoms with E-state index in [1.54, 1.807) is 38.1 Å². The lowest BCUT2D eigenvalue weighted by Crippen LogP contribution is -2.29. The van der Waals surface area contributed by atoms with Gasteiger partial charge in [0.05, 0.1) is 28.1 Å². The van der Waals surface area contributed by atoms with Gasteiger partial charge in [-0.1, -0.05) is 13.8 Å². The van der Waals surface area contributed by atoms with Crippen LogP contribution < -0.4 is 19.9 Å². The lowest BCUT2D eigenvalue weighted by atomic mass is 9.91. The molecule has 1 aliphatic rings. The number of hydrogen-bond acceptors (Lipinski definition) is 12. The van der Waals surface area contributed by atoms with E-state index in [9.17, 15) is 23.7 Å². The van der Waals surface area contributed by atoms with Crippen molar-refractivity contribution in [3.63, 3.8) is 0 Å². The van der Waals surface area contributed by atoms with Crippen molar-refractivity contribution in [1.82, 2.24) is 19.9 Å². The van der Waals surface area contributed by atoms with Crippen molar-refractivity contribution >= 4 is 40.5 Å². The van der Waals surface area contributed by atoms with Gasteiger partial charge in [0.25, 0.3) is 5.69 Å². The molecular weight excluding hydrogens is 578 g/mol. The fourth-order valence-corrected chi connectivity index (χ4v) is 4.83. The highest BCUT2D eigenvalue weighted by Gasteiger charge is 2.39. The quantitative estimate of drug-likeness (QED) is 0.165. The molecule has 0 unspecified atom stereocenters. The number of likely N-dealkylation sites (N-methyl/N-ethyl adjacent to an activating group) is 2. The molecule has 1 aliphatic heterocycles. The van der Waals surface area contributed by atoms with Crippen LogP contribution in [0.25, 0.3) is 0 Å². The topological polar surface area (TPSA) is 139 Å². The first kappa shape index (κ1) is 32.3. The smallest absolute Gasteiger partial charge is 0.387 e. The molecule has 0 spiro atoms. The Morgan fingerprint density at radius 2 is 1.93 bits per heavy atom. The number of pyridine rings is 1. The number of carbonyl (C=O) groups is 1. The first-order chi connectivity index (χ1) is 20.7. The average Bonchev–Trinajstić information content (AvgIpc) is 3.22. The Morgan fingerprint density at radius 1 is 1.20 bits per heavy atom. The van der Waals surface area contributed by atoms with Crippen molar-refractivity contribution < 1.29 is 28.0 Å². The molecule has 3 aromatic rings. The van der Waals surface area contributed by atoms with Crippen LogP contribution in [0.1, 0.15) is 43.7 Å². The summed E-state index contributed by atoms with van der Waals surface area (Å²) in [6.45, 7) is 5.60. The summed E-state index contributed by atoms with van der Waals surface area (Å²) in [5.41, 5.74) is 0.793. The Kier molecular flexibility index (Phi) is 9.47. The molecule has 0 bridgehead atoms. The number of nitro benzene ring substituents is 1. The lowest BCUT2D eigenvalue weighted by Gasteiger charge is -2.24. The van der Waals surface area contributed by atoms with E-state index >= 15 is 0 Å². The molecule has 0 radical (unpaired) electrons. The van der Waals surface area contributed by atoms with E-state index in [1.165, 1.54) is 12.3 Å². The predicted octanol–water partition coefficient (Wildman–Crippen LogP) is 5.12. The zero-order valence-corrected chi connectivity index (χ0v) is 25.7. The van der Waals surface area contributed by atoms with Crippen LogP contribution in [0, 0.1) is 10.1 Å². The molecule has 44 heavy (non-hydrogen) atoms. The van der Waals surface area contributed by atoms with Crippen LogP contribution >= 0.6 is 0 Å². The third-order valence-corrected chi connectivity index (χ3v) is 6.89. The number of esters is 1. The Morgan fingerprint density at radius 3 is 2.57 bits per heavy atom. The number of hydrogen-bond donors (Lipinski definition) is 1. The molecule has 15 heteroatoms. The molecule has 1 aromatic carbocycles. The minimum Gasteiger partial charge on any atom is -0.459 e. The highest BCUT2D eigenvalue weighted by atomic mass is 19.3. The molecule has 4 rings (SSSR count). The zero-order chi connectivity index (χ0) is 32.3. The molecule has 0 fully saturated rings. The van der Waals surface area contributed by atoms with Crippen molar-refractivity contribution in [2.24, 2.45) is 0 Å². The standard InChI is InChI=1S/C29H36F2N8O5/c1-17(2)43-26(40)18-15-33-28(35-25(18)38-16-29(3,4)24-20(38)9-8-10-32-24)34-19-13-22(39(41)42)21(14-23(19)44-27(30)31)37(7)12-11-36(5)6/h8-10,13-15,17,27H,11-12,16H2,1-7H3,(H,33,34,35). The van der Waals surface area contributed by atoms with Crippen LogP contribution in [-0.2, 0) is 10.2 Å². The number of nitrogens with zero attached hydrogens (tertiary/aromatic N) is 7. The van der Waals surface area contributed by atoms with Gasteiger partial charge in [-0.05, 0) is 40.1 Å². The highest BCUT2D eigenvalue weighted by Crippen LogP contribution is 2.44. The van der Waals surface area contributed by atoms with Gasteiger partial charge in [-0.15, -0.1) is 0 Å². The van der Waals surface area contributed by atoms with Gasteiger partial charge in [0, 0.05) is 56.6 Å².